The number of benzene rings is 2. The van der Waals surface area contributed by atoms with E-state index in [0.717, 1.165) is 29.1 Å². The van der Waals surface area contributed by atoms with E-state index in [-0.39, 0.29) is 68.9 Å². The lowest BCUT2D eigenvalue weighted by Gasteiger charge is -2.27. The molecule has 95 heavy (non-hydrogen) atoms. The van der Waals surface area contributed by atoms with Crippen molar-refractivity contribution in [1.29, 1.82) is 0 Å². The Hall–Kier alpha value is -3.86. The molecule has 1 fully saturated rings. The standard InChI is InChI=1S/C52H79N3O32P6S2/c1-8-25-54-40-21-17-20-38(48(57)53-24-15-10-11-16-29-80-88(60,61)83-90(64,65)85-92(68,69)87-93(70,71)86-91(66,67)84-89(62,63)81-35-43-42(56)32-36(3)82-43)46(40)51(4,5)44(54)22-13-12-14-23-45-52(6,7)47-39(50(59)79-28-19-31-95(75,76)77)33-37(34-41(47)55(45)26-9-2)49(58)78-27-18-30-94(72,73)74/h12-14,17,20-23,33-34,36,42-43,56H,8-11,15-16,18-19,24-32,35H2,1-7H3,(H8-,53,57,60,61,62,63,64,65,66,67,68,69,70,71,72,73,74,75,76,77)/p+1/t36-,42+,43+/m0/s1. The van der Waals surface area contributed by atoms with Crippen molar-refractivity contribution in [1.82, 2.24) is 5.32 Å². The minimum absolute atomic E-state index is 0.00689. The van der Waals surface area contributed by atoms with Gasteiger partial charge in [0.2, 0.25) is 5.69 Å². The first kappa shape index (κ1) is 81.8. The third kappa shape index (κ3) is 24.8. The summed E-state index contributed by atoms with van der Waals surface area (Å²) >= 11 is 0. The molecule has 3 aliphatic heterocycles. The number of phosphoric acid groups is 6. The Morgan fingerprint density at radius 3 is 1.76 bits per heavy atom. The van der Waals surface area contributed by atoms with Crippen molar-refractivity contribution < 1.29 is 152 Å². The number of hydrogen-bond donors (Lipinski definition) is 10. The number of nitrogens with zero attached hydrogens (tertiary/aromatic N) is 2. The van der Waals surface area contributed by atoms with E-state index in [1.165, 1.54) is 6.07 Å². The third-order valence-electron chi connectivity index (χ3n) is 14.2. The van der Waals surface area contributed by atoms with Crippen molar-refractivity contribution in [3.05, 3.63) is 94.2 Å². The van der Waals surface area contributed by atoms with Crippen molar-refractivity contribution in [2.75, 3.05) is 62.5 Å². The van der Waals surface area contributed by atoms with Crippen molar-refractivity contribution in [2.45, 2.75) is 135 Å². The fourth-order valence-electron chi connectivity index (χ4n) is 10.5. The number of nitrogens with one attached hydrogen (secondary N) is 1. The van der Waals surface area contributed by atoms with Crippen LogP contribution < -0.4 is 10.2 Å². The Morgan fingerprint density at radius 2 is 1.22 bits per heavy atom. The summed E-state index contributed by atoms with van der Waals surface area (Å²) < 4.78 is 183. The van der Waals surface area contributed by atoms with Crippen LogP contribution in [0.4, 0.5) is 11.4 Å². The van der Waals surface area contributed by atoms with Gasteiger partial charge in [-0.3, -0.25) is 22.9 Å². The maximum atomic E-state index is 13.9. The number of amides is 1. The van der Waals surface area contributed by atoms with Gasteiger partial charge in [-0.1, -0.05) is 64.8 Å². The predicted molar refractivity (Wildman–Crippen MR) is 338 cm³/mol. The average Bonchev–Trinajstić information content (AvgIpc) is 1.59. The lowest BCUT2D eigenvalue weighted by molar-refractivity contribution is -0.437. The zero-order chi connectivity index (χ0) is 71.4. The molecule has 0 spiro atoms. The summed E-state index contributed by atoms with van der Waals surface area (Å²) in [6.45, 7) is 12.1. The molecule has 3 aliphatic rings. The maximum Gasteiger partial charge on any atom is 0.490 e. The lowest BCUT2D eigenvalue weighted by atomic mass is 9.78. The average molecular weight is 1510 g/mol. The van der Waals surface area contributed by atoms with Crippen LogP contribution >= 0.6 is 46.9 Å². The van der Waals surface area contributed by atoms with Crippen LogP contribution in [0.5, 0.6) is 0 Å². The molecule has 0 saturated carbocycles. The summed E-state index contributed by atoms with van der Waals surface area (Å²) in [5, 5.41) is 12.8. The molecule has 2 aromatic carbocycles. The number of carbonyl (C=O) groups excluding carboxylic acids is 3. The SMILES string of the molecule is CCCN1/C(=C/C=C/C=C/C2=[N+](CCC)c3cc(C(=O)OCCCS(=O)(=O)O)cc(C(=O)OCCCS(=O)(=O)O)c3C2(C)C)C(C)(C)c2c(C(=O)NCCCCCCOP(=O)(O)OP(=O)(O)OP(=O)(O)OP(=O)(O)OP(=O)(O)OP(=O)(O)OC[C@H]3O[C@@H](C)C[C@H]3O)cccc21. The van der Waals surface area contributed by atoms with Gasteiger partial charge in [0, 0.05) is 66.0 Å². The number of aliphatic hydroxyl groups is 1. The van der Waals surface area contributed by atoms with E-state index in [4.69, 9.17) is 18.8 Å². The van der Waals surface area contributed by atoms with Crippen molar-refractivity contribution in [3.8, 4) is 0 Å². The maximum absolute atomic E-state index is 13.9. The number of unbranched alkanes of at least 4 members (excludes halogenated alkanes) is 3. The Bertz CT molecular complexity index is 3820. The number of aliphatic hydroxyl groups excluding tert-OH is 1. The number of hydrogen-bond acceptors (Lipinski definition) is 25. The van der Waals surface area contributed by atoms with E-state index in [1.54, 1.807) is 31.2 Å². The van der Waals surface area contributed by atoms with Crippen LogP contribution in [-0.4, -0.2) is 164 Å². The summed E-state index contributed by atoms with van der Waals surface area (Å²) in [6, 6.07) is 8.23. The predicted octanol–water partition coefficient (Wildman–Crippen LogP) is 8.09. The van der Waals surface area contributed by atoms with E-state index in [0.29, 0.717) is 49.2 Å². The summed E-state index contributed by atoms with van der Waals surface area (Å²) in [4.78, 5) is 102. The van der Waals surface area contributed by atoms with Crippen LogP contribution in [0.25, 0.3) is 0 Å². The molecule has 6 unspecified atom stereocenters. The smallest absolute Gasteiger partial charge is 0.462 e. The van der Waals surface area contributed by atoms with Crippen LogP contribution in [0, 0.1) is 0 Å². The van der Waals surface area contributed by atoms with Gasteiger partial charge in [-0.05, 0) is 77.2 Å². The molecule has 10 N–H and O–H groups in total. The molecule has 536 valence electrons. The molecule has 9 atom stereocenters. The van der Waals surface area contributed by atoms with Crippen LogP contribution in [0.2, 0.25) is 0 Å². The molecular formula is C52H80N3O32P6S2+. The number of rotatable bonds is 39. The van der Waals surface area contributed by atoms with Gasteiger partial charge >= 0.3 is 58.9 Å². The van der Waals surface area contributed by atoms with Gasteiger partial charge < -0.3 is 58.9 Å². The van der Waals surface area contributed by atoms with Gasteiger partial charge in [0.1, 0.15) is 12.6 Å². The second-order valence-corrected chi connectivity index (χ2v) is 35.3. The second-order valence-electron chi connectivity index (χ2n) is 22.7. The fraction of sp³-hybridized carbons (Fsp3) is 0.577. The summed E-state index contributed by atoms with van der Waals surface area (Å²) in [7, 11) is -45.5. The molecule has 43 heteroatoms. The van der Waals surface area contributed by atoms with Gasteiger partial charge in [0.15, 0.2) is 5.71 Å². The number of phosphoric ester groups is 2. The molecule has 0 aliphatic carbocycles. The Balaban J connectivity index is 1.17. The first-order valence-electron chi connectivity index (χ1n) is 29.2. The van der Waals surface area contributed by atoms with Gasteiger partial charge in [-0.25, -0.2) is 37.0 Å². The molecule has 2 aromatic rings. The molecule has 0 bridgehead atoms. The third-order valence-corrected chi connectivity index (χ3v) is 25.0. The molecule has 1 amide bonds. The Kier molecular flexibility index (Phi) is 28.9. The van der Waals surface area contributed by atoms with Gasteiger partial charge in [-0.2, -0.15) is 43.0 Å². The zero-order valence-corrected chi connectivity index (χ0v) is 59.5. The van der Waals surface area contributed by atoms with Crippen LogP contribution in [-0.2, 0) is 103 Å². The van der Waals surface area contributed by atoms with E-state index >= 15 is 0 Å². The van der Waals surface area contributed by atoms with Gasteiger partial charge in [0.25, 0.3) is 26.1 Å². The number of carbonyl (C=O) groups is 3. The highest BCUT2D eigenvalue weighted by Crippen LogP contribution is 2.75. The Morgan fingerprint density at radius 1 is 0.674 bits per heavy atom. The Labute approximate surface area is 548 Å². The first-order chi connectivity index (χ1) is 43.8. The summed E-state index contributed by atoms with van der Waals surface area (Å²) in [6.07, 6.45) is 8.47. The number of allylic oxidation sites excluding steroid dienone is 6. The van der Waals surface area contributed by atoms with Gasteiger partial charge in [-0.15, -0.1) is 0 Å². The van der Waals surface area contributed by atoms with Crippen molar-refractivity contribution in [3.63, 3.8) is 0 Å². The topological polar surface area (TPSA) is 515 Å². The summed E-state index contributed by atoms with van der Waals surface area (Å²) in [5.74, 6) is -3.47. The number of esters is 2. The van der Waals surface area contributed by atoms with Crippen molar-refractivity contribution in [2.24, 2.45) is 0 Å². The van der Waals surface area contributed by atoms with E-state index < -0.39 is 133 Å². The molecular weight excluding hydrogens is 1430 g/mol. The van der Waals surface area contributed by atoms with Crippen LogP contribution in [0.3, 0.4) is 0 Å². The van der Waals surface area contributed by atoms with Crippen LogP contribution in [0.15, 0.2) is 66.4 Å². The lowest BCUT2D eigenvalue weighted by Crippen LogP contribution is -2.29. The second kappa shape index (κ2) is 33.5. The number of ether oxygens (including phenoxy) is 3. The van der Waals surface area contributed by atoms with E-state index in [9.17, 15) is 97.6 Å². The number of anilines is 1. The molecule has 3 heterocycles. The molecule has 35 nitrogen and oxygen atoms in total. The summed E-state index contributed by atoms with van der Waals surface area (Å²) in [5.41, 5.74) is 2.85. The quantitative estimate of drug-likeness (QED) is 0.00754. The minimum atomic E-state index is -6.47. The highest BCUT2D eigenvalue weighted by atomic mass is 32.2. The highest BCUT2D eigenvalue weighted by molar-refractivity contribution is 7.86. The minimum Gasteiger partial charge on any atom is -0.462 e. The molecule has 0 radical (unpaired) electrons. The first-order valence-corrected chi connectivity index (χ1v) is 41.4. The monoisotopic (exact) mass is 1510 g/mol. The van der Waals surface area contributed by atoms with E-state index in [2.05, 4.69) is 40.8 Å². The normalized spacial score (nSPS) is 22.1. The van der Waals surface area contributed by atoms with Gasteiger partial charge in [0.05, 0.1) is 72.2 Å². The molecule has 1 saturated heterocycles. The molecule has 0 aromatic heterocycles. The van der Waals surface area contributed by atoms with Crippen LogP contribution in [0.1, 0.15) is 148 Å². The fourth-order valence-corrected chi connectivity index (χ4v) is 19.3. The highest BCUT2D eigenvalue weighted by Gasteiger charge is 2.51. The molecule has 5 rings (SSSR count). The van der Waals surface area contributed by atoms with Crippen molar-refractivity contribution >= 4 is 102 Å². The largest absolute Gasteiger partial charge is 0.490 e. The van der Waals surface area contributed by atoms with E-state index in [1.807, 2.05) is 76.5 Å². The zero-order valence-electron chi connectivity index (χ0n) is 52.5. The number of fused-ring (bicyclic) bond motifs is 2.